The van der Waals surface area contributed by atoms with E-state index in [1.54, 1.807) is 33.9 Å². The molecule has 1 aromatic carbocycles. The van der Waals surface area contributed by atoms with Crippen LogP contribution < -0.4 is 0 Å². The lowest BCUT2D eigenvalue weighted by molar-refractivity contribution is -0.143. The van der Waals surface area contributed by atoms with Crippen molar-refractivity contribution in [2.75, 3.05) is 0 Å². The maximum Gasteiger partial charge on any atom is 0.179 e. The Bertz CT molecular complexity index is 995. The molecule has 4 heteroatoms. The number of aliphatic hydroxyl groups excluding tert-OH is 1. The standard InChI is InChI=1S/C24H27NO3/c1-7-15-10-11-16(17-9-8-14(2)25-13-17)12-18(15)19-20(26)23(3,4)22(28)24(5,6)21(19)27/h8-13,26H,7H2,1-6H3. The largest absolute Gasteiger partial charge is 0.510 e. The van der Waals surface area contributed by atoms with Crippen LogP contribution in [0.2, 0.25) is 0 Å². The van der Waals surface area contributed by atoms with E-state index >= 15 is 0 Å². The summed E-state index contributed by atoms with van der Waals surface area (Å²) in [6.07, 6.45) is 2.51. The van der Waals surface area contributed by atoms with Crippen molar-refractivity contribution in [3.05, 3.63) is 59.1 Å². The van der Waals surface area contributed by atoms with Crippen LogP contribution in [0, 0.1) is 17.8 Å². The molecule has 0 radical (unpaired) electrons. The number of hydrogen-bond acceptors (Lipinski definition) is 4. The van der Waals surface area contributed by atoms with E-state index in [0.717, 1.165) is 22.4 Å². The third-order valence-corrected chi connectivity index (χ3v) is 5.76. The summed E-state index contributed by atoms with van der Waals surface area (Å²) in [7, 11) is 0. The Morgan fingerprint density at radius 2 is 1.61 bits per heavy atom. The zero-order valence-electron chi connectivity index (χ0n) is 17.4. The van der Waals surface area contributed by atoms with Crippen LogP contribution in [0.4, 0.5) is 0 Å². The van der Waals surface area contributed by atoms with Gasteiger partial charge in [-0.25, -0.2) is 0 Å². The maximum absolute atomic E-state index is 13.3. The van der Waals surface area contributed by atoms with Crippen LogP contribution in [-0.4, -0.2) is 21.7 Å². The molecular formula is C24H27NO3. The Morgan fingerprint density at radius 3 is 2.18 bits per heavy atom. The van der Waals surface area contributed by atoms with Crippen molar-refractivity contribution >= 4 is 17.1 Å². The summed E-state index contributed by atoms with van der Waals surface area (Å²) in [5.74, 6) is -0.734. The van der Waals surface area contributed by atoms with Gasteiger partial charge < -0.3 is 5.11 Å². The van der Waals surface area contributed by atoms with E-state index < -0.39 is 10.8 Å². The lowest BCUT2D eigenvalue weighted by atomic mass is 9.62. The third kappa shape index (κ3) is 2.97. The van der Waals surface area contributed by atoms with Crippen LogP contribution >= 0.6 is 0 Å². The molecule has 3 rings (SSSR count). The summed E-state index contributed by atoms with van der Waals surface area (Å²) in [5.41, 5.74) is 2.40. The number of benzene rings is 1. The Hall–Kier alpha value is -2.75. The number of carbonyl (C=O) groups excluding carboxylic acids is 2. The van der Waals surface area contributed by atoms with Crippen molar-refractivity contribution in [3.63, 3.8) is 0 Å². The van der Waals surface area contributed by atoms with E-state index in [1.165, 1.54) is 0 Å². The van der Waals surface area contributed by atoms with Crippen molar-refractivity contribution < 1.29 is 14.7 Å². The maximum atomic E-state index is 13.3. The van der Waals surface area contributed by atoms with Crippen molar-refractivity contribution in [1.29, 1.82) is 0 Å². The minimum absolute atomic E-state index is 0.143. The number of aliphatic hydroxyl groups is 1. The van der Waals surface area contributed by atoms with Gasteiger partial charge in [-0.2, -0.15) is 0 Å². The lowest BCUT2D eigenvalue weighted by Crippen LogP contribution is -2.48. The van der Waals surface area contributed by atoms with E-state index in [4.69, 9.17) is 0 Å². The Kier molecular flexibility index (Phi) is 4.78. The number of pyridine rings is 1. The molecule has 1 N–H and O–H groups in total. The van der Waals surface area contributed by atoms with Gasteiger partial charge in [-0.1, -0.05) is 25.1 Å². The predicted octanol–water partition coefficient (Wildman–Crippen LogP) is 5.09. The van der Waals surface area contributed by atoms with Crippen LogP contribution in [0.1, 0.15) is 51.4 Å². The second-order valence-electron chi connectivity index (χ2n) is 8.55. The molecule has 1 aromatic heterocycles. The number of carbonyl (C=O) groups is 2. The van der Waals surface area contributed by atoms with E-state index in [-0.39, 0.29) is 22.9 Å². The van der Waals surface area contributed by atoms with Crippen LogP contribution in [0.25, 0.3) is 16.7 Å². The zero-order valence-corrected chi connectivity index (χ0v) is 17.4. The smallest absolute Gasteiger partial charge is 0.179 e. The number of nitrogens with zero attached hydrogens (tertiary/aromatic N) is 1. The van der Waals surface area contributed by atoms with Gasteiger partial charge in [0, 0.05) is 17.5 Å². The molecule has 0 atom stereocenters. The topological polar surface area (TPSA) is 67.3 Å². The van der Waals surface area contributed by atoms with E-state index in [2.05, 4.69) is 4.98 Å². The fourth-order valence-electron chi connectivity index (χ4n) is 3.91. The summed E-state index contributed by atoms with van der Waals surface area (Å²) >= 11 is 0. The number of aryl methyl sites for hydroxylation is 2. The first-order chi connectivity index (χ1) is 13.0. The highest BCUT2D eigenvalue weighted by Gasteiger charge is 2.53. The fraction of sp³-hybridized carbons (Fsp3) is 0.375. The molecule has 0 fully saturated rings. The van der Waals surface area contributed by atoms with Gasteiger partial charge in [0.15, 0.2) is 11.6 Å². The van der Waals surface area contributed by atoms with Gasteiger partial charge in [0.2, 0.25) is 0 Å². The average Bonchev–Trinajstić information content (AvgIpc) is 2.66. The molecule has 0 saturated carbocycles. The minimum Gasteiger partial charge on any atom is -0.510 e. The first-order valence-corrected chi connectivity index (χ1v) is 9.61. The molecule has 1 aliphatic rings. The van der Waals surface area contributed by atoms with Crippen molar-refractivity contribution in [1.82, 2.24) is 4.98 Å². The average molecular weight is 377 g/mol. The molecule has 2 aromatic rings. The third-order valence-electron chi connectivity index (χ3n) is 5.76. The number of allylic oxidation sites excluding steroid dienone is 2. The van der Waals surface area contributed by atoms with Gasteiger partial charge in [0.1, 0.15) is 5.76 Å². The first kappa shape index (κ1) is 20.0. The molecule has 0 aliphatic heterocycles. The van der Waals surface area contributed by atoms with Gasteiger partial charge in [-0.3, -0.25) is 14.6 Å². The molecule has 0 bridgehead atoms. The van der Waals surface area contributed by atoms with Gasteiger partial charge in [0.25, 0.3) is 0 Å². The van der Waals surface area contributed by atoms with E-state index in [9.17, 15) is 14.7 Å². The van der Waals surface area contributed by atoms with Crippen LogP contribution in [0.3, 0.4) is 0 Å². The summed E-state index contributed by atoms with van der Waals surface area (Å²) in [5, 5.41) is 11.0. The summed E-state index contributed by atoms with van der Waals surface area (Å²) in [6, 6.07) is 9.84. The summed E-state index contributed by atoms with van der Waals surface area (Å²) in [6.45, 7) is 10.6. The summed E-state index contributed by atoms with van der Waals surface area (Å²) in [4.78, 5) is 30.4. The highest BCUT2D eigenvalue weighted by molar-refractivity contribution is 6.34. The van der Waals surface area contributed by atoms with Crippen molar-refractivity contribution in [2.45, 2.75) is 48.0 Å². The fourth-order valence-corrected chi connectivity index (χ4v) is 3.91. The van der Waals surface area contributed by atoms with Gasteiger partial charge >= 0.3 is 0 Å². The Balaban J connectivity index is 2.28. The molecule has 28 heavy (non-hydrogen) atoms. The van der Waals surface area contributed by atoms with Crippen LogP contribution in [0.15, 0.2) is 42.3 Å². The normalized spacial score (nSPS) is 18.5. The number of rotatable bonds is 3. The number of Topliss-reactive ketones (excluding diaryl/α,β-unsaturated/α-hetero) is 2. The van der Waals surface area contributed by atoms with Crippen LogP contribution in [-0.2, 0) is 16.0 Å². The molecule has 0 amide bonds. The summed E-state index contributed by atoms with van der Waals surface area (Å²) < 4.78 is 0. The van der Waals surface area contributed by atoms with Gasteiger partial charge in [0.05, 0.1) is 16.4 Å². The van der Waals surface area contributed by atoms with E-state index in [1.807, 2.05) is 44.2 Å². The van der Waals surface area contributed by atoms with Crippen molar-refractivity contribution in [3.8, 4) is 11.1 Å². The monoisotopic (exact) mass is 377 g/mol. The second kappa shape index (κ2) is 6.69. The Morgan fingerprint density at radius 1 is 0.964 bits per heavy atom. The molecule has 0 spiro atoms. The molecule has 0 saturated heterocycles. The second-order valence-corrected chi connectivity index (χ2v) is 8.55. The lowest BCUT2D eigenvalue weighted by Gasteiger charge is -2.38. The predicted molar refractivity (Wildman–Crippen MR) is 111 cm³/mol. The molecule has 1 heterocycles. The van der Waals surface area contributed by atoms with E-state index in [0.29, 0.717) is 12.0 Å². The number of aromatic nitrogens is 1. The first-order valence-electron chi connectivity index (χ1n) is 9.61. The zero-order chi connectivity index (χ0) is 20.9. The molecule has 146 valence electrons. The highest BCUT2D eigenvalue weighted by atomic mass is 16.3. The minimum atomic E-state index is -1.18. The number of ketones is 2. The van der Waals surface area contributed by atoms with Crippen LogP contribution in [0.5, 0.6) is 0 Å². The van der Waals surface area contributed by atoms with Gasteiger partial charge in [-0.15, -0.1) is 0 Å². The Labute approximate surface area is 166 Å². The SMILES string of the molecule is CCc1ccc(-c2ccc(C)nc2)cc1C1=C(O)C(C)(C)C(=O)C(C)(C)C1=O. The number of hydrogen-bond donors (Lipinski definition) is 1. The van der Waals surface area contributed by atoms with Gasteiger partial charge in [-0.05, 0) is 69.9 Å². The molecular weight excluding hydrogens is 350 g/mol. The highest BCUT2D eigenvalue weighted by Crippen LogP contribution is 2.47. The quantitative estimate of drug-likeness (QED) is 0.756. The molecule has 1 aliphatic carbocycles. The molecule has 4 nitrogen and oxygen atoms in total. The molecule has 0 unspecified atom stereocenters. The van der Waals surface area contributed by atoms with Crippen molar-refractivity contribution in [2.24, 2.45) is 10.8 Å².